The lowest BCUT2D eigenvalue weighted by atomic mass is 10.2. The molecule has 1 heterocycles. The van der Waals surface area contributed by atoms with Gasteiger partial charge >= 0.3 is 0 Å². The van der Waals surface area contributed by atoms with Gasteiger partial charge in [0.1, 0.15) is 0 Å². The van der Waals surface area contributed by atoms with E-state index in [9.17, 15) is 8.42 Å². The third-order valence-corrected chi connectivity index (χ3v) is 5.16. The molecule has 0 unspecified atom stereocenters. The van der Waals surface area contributed by atoms with Crippen LogP contribution >= 0.6 is 0 Å². The standard InChI is InChI=1S/C15H21N3O2S/c1-4-12-9-13(18(5-2)17-12)10-21(19,20)14-6-7-15(16)11(3)8-14/h6-9H,4-5,10,16H2,1-3H3. The summed E-state index contributed by atoms with van der Waals surface area (Å²) in [5.74, 6) is -0.0444. The second-order valence-corrected chi connectivity index (χ2v) is 7.06. The van der Waals surface area contributed by atoms with Crippen molar-refractivity contribution in [3.8, 4) is 0 Å². The van der Waals surface area contributed by atoms with Crippen molar-refractivity contribution >= 4 is 15.5 Å². The number of aryl methyl sites for hydroxylation is 3. The van der Waals surface area contributed by atoms with E-state index in [0.29, 0.717) is 17.1 Å². The van der Waals surface area contributed by atoms with Crippen LogP contribution in [0.3, 0.4) is 0 Å². The van der Waals surface area contributed by atoms with E-state index in [0.717, 1.165) is 23.4 Å². The smallest absolute Gasteiger partial charge is 0.184 e. The summed E-state index contributed by atoms with van der Waals surface area (Å²) in [6, 6.07) is 6.69. The highest BCUT2D eigenvalue weighted by Crippen LogP contribution is 2.21. The van der Waals surface area contributed by atoms with Gasteiger partial charge in [0.15, 0.2) is 9.84 Å². The van der Waals surface area contributed by atoms with Gasteiger partial charge in [0.25, 0.3) is 0 Å². The minimum absolute atomic E-state index is 0.0444. The zero-order chi connectivity index (χ0) is 15.6. The van der Waals surface area contributed by atoms with Crippen LogP contribution in [-0.4, -0.2) is 18.2 Å². The summed E-state index contributed by atoms with van der Waals surface area (Å²) in [5.41, 5.74) is 8.75. The Bertz CT molecular complexity index is 748. The van der Waals surface area contributed by atoms with Crippen LogP contribution in [0.5, 0.6) is 0 Å². The molecule has 0 saturated heterocycles. The van der Waals surface area contributed by atoms with Crippen molar-refractivity contribution in [2.45, 2.75) is 44.4 Å². The van der Waals surface area contributed by atoms with Crippen LogP contribution in [-0.2, 0) is 28.6 Å². The Balaban J connectivity index is 2.36. The molecule has 2 aromatic rings. The summed E-state index contributed by atoms with van der Waals surface area (Å²) < 4.78 is 26.8. The van der Waals surface area contributed by atoms with Crippen molar-refractivity contribution in [2.24, 2.45) is 0 Å². The molecule has 0 amide bonds. The molecule has 2 N–H and O–H groups in total. The fourth-order valence-corrected chi connectivity index (χ4v) is 3.62. The Labute approximate surface area is 125 Å². The molecule has 0 bridgehead atoms. The van der Waals surface area contributed by atoms with E-state index < -0.39 is 9.84 Å². The van der Waals surface area contributed by atoms with E-state index in [1.807, 2.05) is 19.9 Å². The normalized spacial score (nSPS) is 11.8. The number of hydrogen-bond donors (Lipinski definition) is 1. The first-order valence-corrected chi connectivity index (χ1v) is 8.67. The zero-order valence-corrected chi connectivity index (χ0v) is 13.4. The summed E-state index contributed by atoms with van der Waals surface area (Å²) >= 11 is 0. The lowest BCUT2D eigenvalue weighted by Crippen LogP contribution is -2.11. The summed E-state index contributed by atoms with van der Waals surface area (Å²) in [6.45, 7) is 6.42. The highest BCUT2D eigenvalue weighted by Gasteiger charge is 2.19. The van der Waals surface area contributed by atoms with Crippen molar-refractivity contribution in [1.82, 2.24) is 9.78 Å². The van der Waals surface area contributed by atoms with Crippen LogP contribution in [0.1, 0.15) is 30.8 Å². The average Bonchev–Trinajstić information content (AvgIpc) is 2.83. The van der Waals surface area contributed by atoms with E-state index in [2.05, 4.69) is 5.10 Å². The maximum Gasteiger partial charge on any atom is 0.184 e. The number of nitrogen functional groups attached to an aromatic ring is 1. The number of sulfone groups is 1. The molecule has 0 saturated carbocycles. The predicted octanol–water partition coefficient (Wildman–Crippen LogP) is 2.33. The van der Waals surface area contributed by atoms with Gasteiger partial charge in [-0.25, -0.2) is 8.42 Å². The SMILES string of the molecule is CCc1cc(CS(=O)(=O)c2ccc(N)c(C)c2)n(CC)n1. The molecule has 0 fully saturated rings. The van der Waals surface area contributed by atoms with E-state index in [4.69, 9.17) is 5.73 Å². The molecule has 5 nitrogen and oxygen atoms in total. The van der Waals surface area contributed by atoms with Crippen LogP contribution in [0.15, 0.2) is 29.2 Å². The summed E-state index contributed by atoms with van der Waals surface area (Å²) in [7, 11) is -3.40. The van der Waals surface area contributed by atoms with Gasteiger partial charge in [-0.1, -0.05) is 6.92 Å². The molecule has 2 rings (SSSR count). The van der Waals surface area contributed by atoms with E-state index in [1.54, 1.807) is 29.8 Å². The quantitative estimate of drug-likeness (QED) is 0.860. The minimum atomic E-state index is -3.40. The Kier molecular flexibility index (Phi) is 4.37. The Morgan fingerprint density at radius 1 is 1.24 bits per heavy atom. The first kappa shape index (κ1) is 15.6. The van der Waals surface area contributed by atoms with Crippen LogP contribution in [0, 0.1) is 6.92 Å². The van der Waals surface area contributed by atoms with E-state index >= 15 is 0 Å². The van der Waals surface area contributed by atoms with Gasteiger partial charge in [-0.2, -0.15) is 5.10 Å². The maximum absolute atomic E-state index is 12.5. The van der Waals surface area contributed by atoms with Gasteiger partial charge in [0.2, 0.25) is 0 Å². The molecule has 0 atom stereocenters. The van der Waals surface area contributed by atoms with Crippen molar-refractivity contribution in [3.05, 3.63) is 41.2 Å². The maximum atomic E-state index is 12.5. The molecule has 6 heteroatoms. The van der Waals surface area contributed by atoms with Gasteiger partial charge in [0, 0.05) is 12.2 Å². The van der Waals surface area contributed by atoms with Gasteiger partial charge in [-0.15, -0.1) is 0 Å². The lowest BCUT2D eigenvalue weighted by Gasteiger charge is -2.08. The van der Waals surface area contributed by atoms with Crippen LogP contribution < -0.4 is 5.73 Å². The molecule has 0 spiro atoms. The number of hydrogen-bond acceptors (Lipinski definition) is 4. The molecule has 0 aliphatic rings. The average molecular weight is 307 g/mol. The lowest BCUT2D eigenvalue weighted by molar-refractivity contribution is 0.585. The summed E-state index contributed by atoms with van der Waals surface area (Å²) in [4.78, 5) is 0.302. The first-order chi connectivity index (χ1) is 9.87. The number of nitrogens with two attached hydrogens (primary N) is 1. The second-order valence-electron chi connectivity index (χ2n) is 5.07. The third kappa shape index (κ3) is 3.26. The Hall–Kier alpha value is -1.82. The van der Waals surface area contributed by atoms with Crippen molar-refractivity contribution < 1.29 is 8.42 Å². The minimum Gasteiger partial charge on any atom is -0.399 e. The molecular weight excluding hydrogens is 286 g/mol. The number of nitrogens with zero attached hydrogens (tertiary/aromatic N) is 2. The number of rotatable bonds is 5. The van der Waals surface area contributed by atoms with Gasteiger partial charge < -0.3 is 5.73 Å². The zero-order valence-electron chi connectivity index (χ0n) is 12.6. The van der Waals surface area contributed by atoms with Crippen molar-refractivity contribution in [3.63, 3.8) is 0 Å². The van der Waals surface area contributed by atoms with Crippen molar-refractivity contribution in [2.75, 3.05) is 5.73 Å². The Morgan fingerprint density at radius 3 is 2.52 bits per heavy atom. The fraction of sp³-hybridized carbons (Fsp3) is 0.400. The molecule has 0 aliphatic carbocycles. The van der Waals surface area contributed by atoms with Gasteiger partial charge in [-0.3, -0.25) is 4.68 Å². The number of anilines is 1. The number of aromatic nitrogens is 2. The topological polar surface area (TPSA) is 78.0 Å². The third-order valence-electron chi connectivity index (χ3n) is 3.51. The van der Waals surface area contributed by atoms with E-state index in [-0.39, 0.29) is 5.75 Å². The largest absolute Gasteiger partial charge is 0.399 e. The molecule has 0 aliphatic heterocycles. The molecule has 1 aromatic heterocycles. The first-order valence-electron chi connectivity index (χ1n) is 7.01. The Morgan fingerprint density at radius 2 is 1.95 bits per heavy atom. The van der Waals surface area contributed by atoms with Crippen molar-refractivity contribution in [1.29, 1.82) is 0 Å². The highest BCUT2D eigenvalue weighted by molar-refractivity contribution is 7.90. The van der Waals surface area contributed by atoms with Crippen LogP contribution in [0.2, 0.25) is 0 Å². The second kappa shape index (κ2) is 5.89. The molecule has 1 aromatic carbocycles. The molecule has 0 radical (unpaired) electrons. The van der Waals surface area contributed by atoms with Gasteiger partial charge in [-0.05, 0) is 50.1 Å². The fourth-order valence-electron chi connectivity index (χ4n) is 2.20. The van der Waals surface area contributed by atoms with Gasteiger partial charge in [0.05, 0.1) is 22.0 Å². The van der Waals surface area contributed by atoms with E-state index in [1.165, 1.54) is 0 Å². The van der Waals surface area contributed by atoms with Crippen LogP contribution in [0.4, 0.5) is 5.69 Å². The summed E-state index contributed by atoms with van der Waals surface area (Å²) in [6.07, 6.45) is 0.793. The molecule has 21 heavy (non-hydrogen) atoms. The molecule has 114 valence electrons. The monoisotopic (exact) mass is 307 g/mol. The summed E-state index contributed by atoms with van der Waals surface area (Å²) in [5, 5.41) is 4.39. The molecular formula is C15H21N3O2S. The highest BCUT2D eigenvalue weighted by atomic mass is 32.2. The number of benzene rings is 1. The predicted molar refractivity (Wildman–Crippen MR) is 83.8 cm³/mol. The van der Waals surface area contributed by atoms with Crippen LogP contribution in [0.25, 0.3) is 0 Å².